The van der Waals surface area contributed by atoms with Crippen molar-refractivity contribution in [2.45, 2.75) is 50.9 Å². The van der Waals surface area contributed by atoms with Crippen LogP contribution in [-0.2, 0) is 30.2 Å². The zero-order valence-electron chi connectivity index (χ0n) is 18.6. The maximum Gasteiger partial charge on any atom is 0.338 e. The SMILES string of the molecule is CC(=O)O[C@@H](C=C[C@@H]1[C@H]2CC(=O)O[C@H]2C[C@H]1OC(=O)c1ccccc1)CCc1ccccc1. The van der Waals surface area contributed by atoms with Gasteiger partial charge >= 0.3 is 17.9 Å². The fourth-order valence-corrected chi connectivity index (χ4v) is 4.68. The lowest BCUT2D eigenvalue weighted by Gasteiger charge is -2.21. The van der Waals surface area contributed by atoms with Gasteiger partial charge in [0.05, 0.1) is 12.0 Å². The minimum absolute atomic E-state index is 0.0607. The van der Waals surface area contributed by atoms with E-state index in [9.17, 15) is 14.4 Å². The molecule has 1 saturated carbocycles. The first-order valence-electron chi connectivity index (χ1n) is 11.3. The lowest BCUT2D eigenvalue weighted by Crippen LogP contribution is -2.25. The summed E-state index contributed by atoms with van der Waals surface area (Å²) in [5.74, 6) is -1.23. The molecule has 1 heterocycles. The van der Waals surface area contributed by atoms with Crippen LogP contribution in [0.15, 0.2) is 72.8 Å². The molecule has 5 atom stereocenters. The number of carbonyl (C=O) groups excluding carboxylic acids is 3. The van der Waals surface area contributed by atoms with Crippen LogP contribution < -0.4 is 0 Å². The summed E-state index contributed by atoms with van der Waals surface area (Å²) in [5.41, 5.74) is 1.64. The number of rotatable bonds is 8. The molecule has 0 unspecified atom stereocenters. The Balaban J connectivity index is 1.48. The van der Waals surface area contributed by atoms with Crippen molar-refractivity contribution >= 4 is 17.9 Å². The Bertz CT molecular complexity index is 1000. The number of fused-ring (bicyclic) bond motifs is 1. The Hall–Kier alpha value is -3.41. The van der Waals surface area contributed by atoms with Gasteiger partial charge in [0.15, 0.2) is 0 Å². The minimum Gasteiger partial charge on any atom is -0.462 e. The third-order valence-corrected chi connectivity index (χ3v) is 6.24. The van der Waals surface area contributed by atoms with Gasteiger partial charge in [0.1, 0.15) is 18.3 Å². The lowest BCUT2D eigenvalue weighted by atomic mass is 9.91. The quantitative estimate of drug-likeness (QED) is 0.341. The second kappa shape index (κ2) is 10.5. The molecule has 0 aromatic heterocycles. The molecule has 0 N–H and O–H groups in total. The molecule has 172 valence electrons. The average Bonchev–Trinajstić information content (AvgIpc) is 3.32. The topological polar surface area (TPSA) is 78.9 Å². The number of hydrogen-bond acceptors (Lipinski definition) is 6. The number of hydrogen-bond donors (Lipinski definition) is 0. The van der Waals surface area contributed by atoms with Crippen molar-refractivity contribution in [2.75, 3.05) is 0 Å². The first-order chi connectivity index (χ1) is 16.0. The standard InChI is InChI=1S/C27H28O6/c1-18(28)31-21(13-12-19-8-4-2-5-9-19)14-15-22-23-16-26(29)32-25(23)17-24(22)33-27(30)20-10-6-3-7-11-20/h2-11,14-15,21-25H,12-13,16-17H2,1H3/t21-,22-,23-,24-,25+/m1/s1. The highest BCUT2D eigenvalue weighted by Gasteiger charge is 2.50. The van der Waals surface area contributed by atoms with Crippen molar-refractivity contribution in [3.63, 3.8) is 0 Å². The highest BCUT2D eigenvalue weighted by Crippen LogP contribution is 2.43. The van der Waals surface area contributed by atoms with Crippen LogP contribution in [-0.4, -0.2) is 36.2 Å². The smallest absolute Gasteiger partial charge is 0.338 e. The molecule has 0 spiro atoms. The summed E-state index contributed by atoms with van der Waals surface area (Å²) in [5, 5.41) is 0. The maximum atomic E-state index is 12.6. The van der Waals surface area contributed by atoms with Gasteiger partial charge < -0.3 is 14.2 Å². The third kappa shape index (κ3) is 5.89. The fourth-order valence-electron chi connectivity index (χ4n) is 4.68. The fraction of sp³-hybridized carbons (Fsp3) is 0.370. The Labute approximate surface area is 193 Å². The molecule has 6 heteroatoms. The summed E-state index contributed by atoms with van der Waals surface area (Å²) in [6.07, 6.45) is 4.86. The molecule has 1 aliphatic carbocycles. The van der Waals surface area contributed by atoms with Crippen LogP contribution in [0.2, 0.25) is 0 Å². The molecule has 0 radical (unpaired) electrons. The molecule has 2 aromatic carbocycles. The van der Waals surface area contributed by atoms with E-state index in [-0.39, 0.29) is 29.9 Å². The molecule has 2 aromatic rings. The second-order valence-corrected chi connectivity index (χ2v) is 8.58. The van der Waals surface area contributed by atoms with Gasteiger partial charge in [0.2, 0.25) is 0 Å². The van der Waals surface area contributed by atoms with E-state index < -0.39 is 18.2 Å². The predicted molar refractivity (Wildman–Crippen MR) is 121 cm³/mol. The molecule has 2 fully saturated rings. The summed E-state index contributed by atoms with van der Waals surface area (Å²) in [4.78, 5) is 36.2. The zero-order valence-corrected chi connectivity index (χ0v) is 18.6. The van der Waals surface area contributed by atoms with Gasteiger partial charge in [0.25, 0.3) is 0 Å². The van der Waals surface area contributed by atoms with Crippen LogP contribution in [0.3, 0.4) is 0 Å². The Morgan fingerprint density at radius 3 is 2.48 bits per heavy atom. The van der Waals surface area contributed by atoms with Crippen LogP contribution in [0.25, 0.3) is 0 Å². The molecule has 0 amide bonds. The number of benzene rings is 2. The van der Waals surface area contributed by atoms with Crippen LogP contribution in [0.1, 0.15) is 42.1 Å². The van der Waals surface area contributed by atoms with E-state index in [0.29, 0.717) is 24.8 Å². The molecular formula is C27H28O6. The molecule has 4 rings (SSSR count). The number of aryl methyl sites for hydroxylation is 1. The van der Waals surface area contributed by atoms with Gasteiger partial charge in [0, 0.05) is 25.2 Å². The minimum atomic E-state index is -0.413. The van der Waals surface area contributed by atoms with Crippen LogP contribution in [0.4, 0.5) is 0 Å². The van der Waals surface area contributed by atoms with Crippen LogP contribution >= 0.6 is 0 Å². The van der Waals surface area contributed by atoms with Gasteiger partial charge in [-0.05, 0) is 36.6 Å². The molecular weight excluding hydrogens is 420 g/mol. The van der Waals surface area contributed by atoms with Gasteiger partial charge in [-0.1, -0.05) is 54.6 Å². The highest BCUT2D eigenvalue weighted by atomic mass is 16.6. The monoisotopic (exact) mass is 448 g/mol. The van der Waals surface area contributed by atoms with E-state index in [1.807, 2.05) is 48.6 Å². The largest absolute Gasteiger partial charge is 0.462 e. The maximum absolute atomic E-state index is 12.6. The summed E-state index contributed by atoms with van der Waals surface area (Å²) in [7, 11) is 0. The van der Waals surface area contributed by atoms with E-state index in [2.05, 4.69) is 0 Å². The number of carbonyl (C=O) groups is 3. The number of ether oxygens (including phenoxy) is 3. The molecule has 2 aliphatic rings. The van der Waals surface area contributed by atoms with Crippen molar-refractivity contribution < 1.29 is 28.6 Å². The molecule has 6 nitrogen and oxygen atoms in total. The third-order valence-electron chi connectivity index (χ3n) is 6.24. The highest BCUT2D eigenvalue weighted by molar-refractivity contribution is 5.89. The Kier molecular flexibility index (Phi) is 7.23. The zero-order chi connectivity index (χ0) is 23.2. The summed E-state index contributed by atoms with van der Waals surface area (Å²) in [6.45, 7) is 1.39. The van der Waals surface area contributed by atoms with Gasteiger partial charge in [-0.3, -0.25) is 9.59 Å². The van der Waals surface area contributed by atoms with E-state index in [4.69, 9.17) is 14.2 Å². The number of esters is 3. The second-order valence-electron chi connectivity index (χ2n) is 8.58. The molecule has 33 heavy (non-hydrogen) atoms. The Morgan fingerprint density at radius 1 is 1.09 bits per heavy atom. The van der Waals surface area contributed by atoms with E-state index in [1.165, 1.54) is 6.92 Å². The summed E-state index contributed by atoms with van der Waals surface area (Å²) in [6, 6.07) is 18.8. The molecule has 1 saturated heterocycles. The van der Waals surface area contributed by atoms with Crippen molar-refractivity contribution in [1.29, 1.82) is 0 Å². The van der Waals surface area contributed by atoms with Gasteiger partial charge in [-0.2, -0.15) is 0 Å². The van der Waals surface area contributed by atoms with Crippen molar-refractivity contribution in [3.05, 3.63) is 83.9 Å². The van der Waals surface area contributed by atoms with E-state index in [1.54, 1.807) is 24.3 Å². The summed E-state index contributed by atoms with van der Waals surface area (Å²) >= 11 is 0. The van der Waals surface area contributed by atoms with Crippen molar-refractivity contribution in [1.82, 2.24) is 0 Å². The Morgan fingerprint density at radius 2 is 1.79 bits per heavy atom. The lowest BCUT2D eigenvalue weighted by molar-refractivity contribution is -0.144. The van der Waals surface area contributed by atoms with Crippen LogP contribution in [0, 0.1) is 11.8 Å². The molecule has 0 bridgehead atoms. The average molecular weight is 449 g/mol. The van der Waals surface area contributed by atoms with Gasteiger partial charge in [-0.15, -0.1) is 0 Å². The molecule has 1 aliphatic heterocycles. The predicted octanol–water partition coefficient (Wildman–Crippen LogP) is 4.28. The normalized spacial score (nSPS) is 24.8. The van der Waals surface area contributed by atoms with Crippen molar-refractivity contribution in [3.8, 4) is 0 Å². The van der Waals surface area contributed by atoms with E-state index in [0.717, 1.165) is 12.0 Å². The first-order valence-corrected chi connectivity index (χ1v) is 11.3. The summed E-state index contributed by atoms with van der Waals surface area (Å²) < 4.78 is 16.8. The van der Waals surface area contributed by atoms with E-state index >= 15 is 0 Å². The van der Waals surface area contributed by atoms with Crippen molar-refractivity contribution in [2.24, 2.45) is 11.8 Å². The van der Waals surface area contributed by atoms with Gasteiger partial charge in [-0.25, -0.2) is 4.79 Å². The first kappa shape index (κ1) is 22.8. The van der Waals surface area contributed by atoms with Crippen LogP contribution in [0.5, 0.6) is 0 Å².